The molecule has 1 fully saturated rings. The van der Waals surface area contributed by atoms with E-state index in [0.717, 1.165) is 37.9 Å². The minimum atomic E-state index is 0.159. The molecule has 20 heavy (non-hydrogen) atoms. The summed E-state index contributed by atoms with van der Waals surface area (Å²) in [5, 5.41) is 4.28. The molecule has 0 aromatic carbocycles. The second-order valence-electron chi connectivity index (χ2n) is 6.12. The van der Waals surface area contributed by atoms with Gasteiger partial charge in [0.05, 0.1) is 6.54 Å². The third kappa shape index (κ3) is 3.04. The van der Waals surface area contributed by atoms with Crippen molar-refractivity contribution in [3.05, 3.63) is 12.2 Å². The van der Waals surface area contributed by atoms with Gasteiger partial charge >= 0.3 is 0 Å². The molecule has 0 spiro atoms. The van der Waals surface area contributed by atoms with Crippen molar-refractivity contribution in [1.29, 1.82) is 0 Å². The average molecular weight is 279 g/mol. The zero-order chi connectivity index (χ0) is 14.6. The van der Waals surface area contributed by atoms with Gasteiger partial charge in [-0.15, -0.1) is 0 Å². The Morgan fingerprint density at radius 1 is 1.40 bits per heavy atom. The van der Waals surface area contributed by atoms with Gasteiger partial charge in [0.25, 0.3) is 0 Å². The summed E-state index contributed by atoms with van der Waals surface area (Å²) in [4.78, 5) is 6.94. The smallest absolute Gasteiger partial charge is 0.141 e. The van der Waals surface area contributed by atoms with Gasteiger partial charge in [-0.3, -0.25) is 4.90 Å². The van der Waals surface area contributed by atoms with E-state index in [4.69, 9.17) is 5.73 Å². The zero-order valence-corrected chi connectivity index (χ0v) is 13.2. The second-order valence-corrected chi connectivity index (χ2v) is 6.12. The van der Waals surface area contributed by atoms with E-state index in [-0.39, 0.29) is 5.54 Å². The number of nitrogens with two attached hydrogens (primary N) is 1. The normalized spacial score (nSPS) is 27.1. The third-order valence-corrected chi connectivity index (χ3v) is 4.97. The minimum absolute atomic E-state index is 0.159. The summed E-state index contributed by atoms with van der Waals surface area (Å²) in [7, 11) is 0. The molecule has 1 aromatic heterocycles. The number of hydrogen-bond donors (Lipinski definition) is 1. The first kappa shape index (κ1) is 15.4. The maximum Gasteiger partial charge on any atom is 0.141 e. The Bertz CT molecular complexity index is 406. The van der Waals surface area contributed by atoms with Crippen molar-refractivity contribution < 1.29 is 0 Å². The Labute approximate surface area is 122 Å². The highest BCUT2D eigenvalue weighted by Crippen LogP contribution is 2.36. The predicted molar refractivity (Wildman–Crippen MR) is 81.2 cm³/mol. The maximum atomic E-state index is 6.18. The fourth-order valence-corrected chi connectivity index (χ4v) is 3.41. The Morgan fingerprint density at radius 2 is 2.10 bits per heavy atom. The van der Waals surface area contributed by atoms with Crippen LogP contribution in [0.25, 0.3) is 0 Å². The van der Waals surface area contributed by atoms with E-state index in [2.05, 4.69) is 35.8 Å². The van der Waals surface area contributed by atoms with E-state index in [0.29, 0.717) is 0 Å². The summed E-state index contributed by atoms with van der Waals surface area (Å²) in [5.41, 5.74) is 6.33. The van der Waals surface area contributed by atoms with E-state index in [9.17, 15) is 0 Å². The molecule has 0 aliphatic heterocycles. The molecule has 0 amide bonds. The summed E-state index contributed by atoms with van der Waals surface area (Å²) in [5.74, 6) is 1.90. The van der Waals surface area contributed by atoms with Gasteiger partial charge in [-0.1, -0.05) is 13.8 Å². The molecule has 5 heteroatoms. The number of hydrogen-bond acceptors (Lipinski definition) is 4. The molecule has 0 bridgehead atoms. The van der Waals surface area contributed by atoms with Gasteiger partial charge in [0.1, 0.15) is 12.2 Å². The topological polar surface area (TPSA) is 60.0 Å². The summed E-state index contributed by atoms with van der Waals surface area (Å²) >= 11 is 0. The lowest BCUT2D eigenvalue weighted by molar-refractivity contribution is 0.0392. The molecule has 5 nitrogen and oxygen atoms in total. The number of aryl methyl sites for hydroxylation is 1. The van der Waals surface area contributed by atoms with Crippen LogP contribution in [0, 0.1) is 5.92 Å². The van der Waals surface area contributed by atoms with Crippen molar-refractivity contribution in [2.45, 2.75) is 65.1 Å². The first-order chi connectivity index (χ1) is 9.65. The standard InChI is InChI=1S/C15H29N5/c1-4-19(10-14-17-12-18-20(14)5-2)15(11-16)8-6-13(3)7-9-15/h12-13H,4-11,16H2,1-3H3. The van der Waals surface area contributed by atoms with Crippen LogP contribution in [0.2, 0.25) is 0 Å². The van der Waals surface area contributed by atoms with Crippen molar-refractivity contribution in [3.8, 4) is 0 Å². The number of rotatable bonds is 6. The molecular formula is C15H29N5. The molecule has 2 N–H and O–H groups in total. The van der Waals surface area contributed by atoms with Gasteiger partial charge in [0, 0.05) is 18.6 Å². The van der Waals surface area contributed by atoms with Crippen molar-refractivity contribution in [2.75, 3.05) is 13.1 Å². The van der Waals surface area contributed by atoms with Gasteiger partial charge in [-0.05, 0) is 45.1 Å². The van der Waals surface area contributed by atoms with Crippen LogP contribution < -0.4 is 5.73 Å². The SMILES string of the molecule is CCN(Cc1ncnn1CC)C1(CN)CCC(C)CC1. The molecule has 1 saturated carbocycles. The van der Waals surface area contributed by atoms with Gasteiger partial charge in [0.15, 0.2) is 0 Å². The van der Waals surface area contributed by atoms with Crippen molar-refractivity contribution >= 4 is 0 Å². The summed E-state index contributed by atoms with van der Waals surface area (Å²) in [6.07, 6.45) is 6.64. The first-order valence-electron chi connectivity index (χ1n) is 7.97. The van der Waals surface area contributed by atoms with E-state index in [1.807, 2.05) is 4.68 Å². The Balaban J connectivity index is 2.13. The number of likely N-dealkylation sites (N-methyl/N-ethyl adjacent to an activating group) is 1. The van der Waals surface area contributed by atoms with Crippen LogP contribution in [0.3, 0.4) is 0 Å². The highest BCUT2D eigenvalue weighted by molar-refractivity contribution is 4.97. The lowest BCUT2D eigenvalue weighted by atomic mass is 9.76. The number of nitrogens with zero attached hydrogens (tertiary/aromatic N) is 4. The van der Waals surface area contributed by atoms with E-state index in [1.165, 1.54) is 25.7 Å². The molecule has 0 radical (unpaired) electrons. The van der Waals surface area contributed by atoms with E-state index >= 15 is 0 Å². The summed E-state index contributed by atoms with van der Waals surface area (Å²) < 4.78 is 1.98. The van der Waals surface area contributed by atoms with Crippen molar-refractivity contribution in [1.82, 2.24) is 19.7 Å². The van der Waals surface area contributed by atoms with Crippen LogP contribution in [0.5, 0.6) is 0 Å². The largest absolute Gasteiger partial charge is 0.329 e. The highest BCUT2D eigenvalue weighted by atomic mass is 15.4. The monoisotopic (exact) mass is 279 g/mol. The molecule has 0 unspecified atom stereocenters. The van der Waals surface area contributed by atoms with Crippen LogP contribution in [0.4, 0.5) is 0 Å². The highest BCUT2D eigenvalue weighted by Gasteiger charge is 2.38. The molecule has 114 valence electrons. The molecule has 1 aliphatic rings. The zero-order valence-electron chi connectivity index (χ0n) is 13.2. The Hall–Kier alpha value is -0.940. The fraction of sp³-hybridized carbons (Fsp3) is 0.867. The molecule has 0 atom stereocenters. The van der Waals surface area contributed by atoms with Crippen molar-refractivity contribution in [3.63, 3.8) is 0 Å². The van der Waals surface area contributed by atoms with Gasteiger partial charge < -0.3 is 5.73 Å². The first-order valence-corrected chi connectivity index (χ1v) is 7.97. The quantitative estimate of drug-likeness (QED) is 0.865. The molecule has 2 rings (SSSR count). The summed E-state index contributed by atoms with van der Waals surface area (Å²) in [6, 6.07) is 0. The van der Waals surface area contributed by atoms with E-state index in [1.54, 1.807) is 6.33 Å². The van der Waals surface area contributed by atoms with E-state index < -0.39 is 0 Å². The van der Waals surface area contributed by atoms with Crippen LogP contribution in [0.1, 0.15) is 52.3 Å². The Morgan fingerprint density at radius 3 is 2.65 bits per heavy atom. The molecule has 0 saturated heterocycles. The lowest BCUT2D eigenvalue weighted by Gasteiger charge is -2.46. The third-order valence-electron chi connectivity index (χ3n) is 4.97. The Kier molecular flexibility index (Phi) is 5.16. The van der Waals surface area contributed by atoms with Crippen molar-refractivity contribution in [2.24, 2.45) is 11.7 Å². The fourth-order valence-electron chi connectivity index (χ4n) is 3.41. The second kappa shape index (κ2) is 6.68. The average Bonchev–Trinajstić information content (AvgIpc) is 2.93. The van der Waals surface area contributed by atoms with Crippen LogP contribution in [-0.2, 0) is 13.1 Å². The minimum Gasteiger partial charge on any atom is -0.329 e. The molecule has 1 heterocycles. The predicted octanol–water partition coefficient (Wildman–Crippen LogP) is 2.03. The van der Waals surface area contributed by atoms with Crippen LogP contribution in [0.15, 0.2) is 6.33 Å². The van der Waals surface area contributed by atoms with Gasteiger partial charge in [0.2, 0.25) is 0 Å². The lowest BCUT2D eigenvalue weighted by Crippen LogP contribution is -2.55. The van der Waals surface area contributed by atoms with Crippen LogP contribution in [-0.4, -0.2) is 38.3 Å². The summed E-state index contributed by atoms with van der Waals surface area (Å²) in [6.45, 7) is 10.2. The maximum absolute atomic E-state index is 6.18. The van der Waals surface area contributed by atoms with Gasteiger partial charge in [-0.25, -0.2) is 9.67 Å². The van der Waals surface area contributed by atoms with Gasteiger partial charge in [-0.2, -0.15) is 5.10 Å². The molecule has 1 aliphatic carbocycles. The number of aromatic nitrogens is 3. The molecule has 1 aromatic rings. The molecular weight excluding hydrogens is 250 g/mol. The van der Waals surface area contributed by atoms with Crippen LogP contribution >= 0.6 is 0 Å².